The van der Waals surface area contributed by atoms with Crippen LogP contribution in [0.1, 0.15) is 17.9 Å². The van der Waals surface area contributed by atoms with Crippen molar-refractivity contribution in [1.29, 1.82) is 0 Å². The summed E-state index contributed by atoms with van der Waals surface area (Å²) in [7, 11) is 0. The molecule has 10 rings (SSSR count). The lowest BCUT2D eigenvalue weighted by atomic mass is 9.63. The van der Waals surface area contributed by atoms with Gasteiger partial charge in [-0.2, -0.15) is 0 Å². The van der Waals surface area contributed by atoms with Crippen LogP contribution in [0.3, 0.4) is 0 Å². The van der Waals surface area contributed by atoms with E-state index >= 15 is 0 Å². The molecule has 1 nitrogen and oxygen atoms in total. The summed E-state index contributed by atoms with van der Waals surface area (Å²) in [6.07, 6.45) is 20.3. The predicted octanol–water partition coefficient (Wildman–Crippen LogP) is 11.1. The molecule has 0 bridgehead atoms. The Kier molecular flexibility index (Phi) is 4.73. The van der Waals surface area contributed by atoms with Crippen LogP contribution < -0.4 is 0 Å². The van der Waals surface area contributed by atoms with E-state index in [0.717, 1.165) is 28.4 Å². The Morgan fingerprint density at radius 1 is 0.512 bits per heavy atom. The van der Waals surface area contributed by atoms with E-state index in [2.05, 4.69) is 134 Å². The topological polar surface area (TPSA) is 13.1 Å². The third kappa shape index (κ3) is 3.22. The molecule has 0 radical (unpaired) electrons. The van der Waals surface area contributed by atoms with Gasteiger partial charge in [-0.3, -0.25) is 0 Å². The molecule has 1 heteroatoms. The van der Waals surface area contributed by atoms with Crippen molar-refractivity contribution in [1.82, 2.24) is 0 Å². The van der Waals surface area contributed by atoms with E-state index in [1.165, 1.54) is 55.0 Å². The lowest BCUT2D eigenvalue weighted by molar-refractivity contribution is 0.620. The summed E-state index contributed by atoms with van der Waals surface area (Å²) in [5, 5.41) is 7.61. The Labute approximate surface area is 250 Å². The van der Waals surface area contributed by atoms with Crippen molar-refractivity contribution in [2.24, 2.45) is 11.8 Å². The molecule has 0 fully saturated rings. The summed E-state index contributed by atoms with van der Waals surface area (Å²) in [5.41, 5.74) is 11.7. The van der Waals surface area contributed by atoms with Gasteiger partial charge in [0.15, 0.2) is 0 Å². The molecule has 3 unspecified atom stereocenters. The Hall–Kier alpha value is -5.14. The van der Waals surface area contributed by atoms with Gasteiger partial charge in [0.25, 0.3) is 0 Å². The molecule has 43 heavy (non-hydrogen) atoms. The monoisotopic (exact) mass is 548 g/mol. The highest BCUT2D eigenvalue weighted by molar-refractivity contribution is 6.17. The third-order valence-corrected chi connectivity index (χ3v) is 10.1. The van der Waals surface area contributed by atoms with Gasteiger partial charge in [-0.15, -0.1) is 0 Å². The first-order valence-electron chi connectivity index (χ1n) is 15.4. The summed E-state index contributed by atoms with van der Waals surface area (Å²) in [6, 6.07) is 33.2. The summed E-state index contributed by atoms with van der Waals surface area (Å²) < 4.78 is 6.19. The smallest absolute Gasteiger partial charge is 0.135 e. The molecule has 1 aromatic heterocycles. The van der Waals surface area contributed by atoms with E-state index in [4.69, 9.17) is 4.42 Å². The van der Waals surface area contributed by atoms with E-state index in [1.54, 1.807) is 5.57 Å². The SMILES string of the molecule is C1=CC2=C3C4=C(C=CC3C1)C=CC(c1c3ccccc3c(-c3ccc5oc6ccccc6c5c3)c3ccccc13)C4C=C2. The Morgan fingerprint density at radius 2 is 1.14 bits per heavy atom. The average molecular weight is 549 g/mol. The number of rotatable bonds is 2. The van der Waals surface area contributed by atoms with E-state index in [1.807, 2.05) is 6.07 Å². The molecule has 1 heterocycles. The second-order valence-corrected chi connectivity index (χ2v) is 12.3. The van der Waals surface area contributed by atoms with Crippen LogP contribution in [-0.2, 0) is 0 Å². The summed E-state index contributed by atoms with van der Waals surface area (Å²) >= 11 is 0. The van der Waals surface area contributed by atoms with Gasteiger partial charge in [0, 0.05) is 28.5 Å². The van der Waals surface area contributed by atoms with Crippen LogP contribution in [0.15, 0.2) is 166 Å². The quantitative estimate of drug-likeness (QED) is 0.196. The van der Waals surface area contributed by atoms with E-state index in [0.29, 0.717) is 11.8 Å². The second kappa shape index (κ2) is 8.69. The minimum atomic E-state index is 0.256. The number of hydrogen-bond acceptors (Lipinski definition) is 1. The maximum absolute atomic E-state index is 6.19. The number of para-hydroxylation sites is 1. The highest BCUT2D eigenvalue weighted by atomic mass is 16.3. The van der Waals surface area contributed by atoms with Gasteiger partial charge in [0.05, 0.1) is 0 Å². The van der Waals surface area contributed by atoms with Crippen molar-refractivity contribution in [3.8, 4) is 11.1 Å². The Bertz CT molecular complexity index is 2320. The van der Waals surface area contributed by atoms with Crippen molar-refractivity contribution < 1.29 is 4.42 Å². The number of fused-ring (bicyclic) bond motifs is 5. The van der Waals surface area contributed by atoms with Gasteiger partial charge in [-0.25, -0.2) is 0 Å². The van der Waals surface area contributed by atoms with Gasteiger partial charge in [0.1, 0.15) is 11.2 Å². The zero-order valence-corrected chi connectivity index (χ0v) is 23.6. The molecule has 0 spiro atoms. The molecule has 4 aliphatic carbocycles. The molecular weight excluding hydrogens is 520 g/mol. The second-order valence-electron chi connectivity index (χ2n) is 12.3. The first-order chi connectivity index (χ1) is 21.3. The normalized spacial score (nSPS) is 22.0. The summed E-state index contributed by atoms with van der Waals surface area (Å²) in [5.74, 6) is 1.07. The van der Waals surface area contributed by atoms with Gasteiger partial charge in [0.2, 0.25) is 0 Å². The zero-order chi connectivity index (χ0) is 28.1. The lowest BCUT2D eigenvalue weighted by Crippen LogP contribution is -2.26. The number of allylic oxidation sites excluding steroid dienone is 12. The Balaban J connectivity index is 1.23. The summed E-state index contributed by atoms with van der Waals surface area (Å²) in [4.78, 5) is 0. The maximum Gasteiger partial charge on any atom is 0.135 e. The number of benzene rings is 5. The fraction of sp³-hybridized carbons (Fsp3) is 0.0952. The van der Waals surface area contributed by atoms with Crippen LogP contribution in [0.25, 0.3) is 54.6 Å². The fourth-order valence-corrected chi connectivity index (χ4v) is 8.34. The standard InChI is InChI=1S/C42H28O/c1-3-13-32-30(11-1)40(28-20-23-38-36(24-28)29-10-5-6-15-37(29)43-38)31-12-2-4-14-33(31)42(32)35-22-19-27-17-16-25-8-7-9-26-18-21-34(35)41(27)39(25)26/h1-7,9-25,34-35H,8H2. The van der Waals surface area contributed by atoms with E-state index in [9.17, 15) is 0 Å². The van der Waals surface area contributed by atoms with E-state index < -0.39 is 0 Å². The van der Waals surface area contributed by atoms with Gasteiger partial charge < -0.3 is 4.42 Å². The highest BCUT2D eigenvalue weighted by Crippen LogP contribution is 2.53. The minimum absolute atomic E-state index is 0.256. The van der Waals surface area contributed by atoms with Crippen molar-refractivity contribution in [2.45, 2.75) is 12.3 Å². The molecule has 6 aromatic rings. The lowest BCUT2D eigenvalue weighted by Gasteiger charge is -2.40. The van der Waals surface area contributed by atoms with Crippen LogP contribution >= 0.6 is 0 Å². The molecule has 3 atom stereocenters. The molecule has 0 aliphatic heterocycles. The minimum Gasteiger partial charge on any atom is -0.456 e. The predicted molar refractivity (Wildman–Crippen MR) is 179 cm³/mol. The molecule has 0 amide bonds. The molecule has 5 aromatic carbocycles. The van der Waals surface area contributed by atoms with Crippen molar-refractivity contribution in [3.05, 3.63) is 167 Å². The zero-order valence-electron chi connectivity index (χ0n) is 23.6. The first-order valence-corrected chi connectivity index (χ1v) is 15.4. The van der Waals surface area contributed by atoms with Gasteiger partial charge in [-0.05, 0) is 85.1 Å². The van der Waals surface area contributed by atoms with Crippen LogP contribution in [0.2, 0.25) is 0 Å². The average Bonchev–Trinajstić information content (AvgIpc) is 3.44. The van der Waals surface area contributed by atoms with E-state index in [-0.39, 0.29) is 5.92 Å². The molecule has 4 aliphatic rings. The molecule has 202 valence electrons. The molecule has 0 N–H and O–H groups in total. The fourth-order valence-electron chi connectivity index (χ4n) is 8.34. The first kappa shape index (κ1) is 23.4. The summed E-state index contributed by atoms with van der Waals surface area (Å²) in [6.45, 7) is 0. The molecular formula is C42H28O. The van der Waals surface area contributed by atoms with Crippen molar-refractivity contribution in [3.63, 3.8) is 0 Å². The van der Waals surface area contributed by atoms with Gasteiger partial charge >= 0.3 is 0 Å². The molecule has 0 saturated carbocycles. The van der Waals surface area contributed by atoms with Crippen LogP contribution in [-0.4, -0.2) is 0 Å². The number of hydrogen-bond donors (Lipinski definition) is 0. The van der Waals surface area contributed by atoms with Crippen LogP contribution in [0, 0.1) is 11.8 Å². The third-order valence-electron chi connectivity index (χ3n) is 10.1. The van der Waals surface area contributed by atoms with Crippen molar-refractivity contribution in [2.75, 3.05) is 0 Å². The highest BCUT2D eigenvalue weighted by Gasteiger charge is 2.38. The number of furan rings is 1. The molecule has 0 saturated heterocycles. The largest absolute Gasteiger partial charge is 0.456 e. The maximum atomic E-state index is 6.19. The van der Waals surface area contributed by atoms with Crippen molar-refractivity contribution >= 4 is 43.5 Å². The van der Waals surface area contributed by atoms with Crippen LogP contribution in [0.4, 0.5) is 0 Å². The van der Waals surface area contributed by atoms with Crippen LogP contribution in [0.5, 0.6) is 0 Å². The Morgan fingerprint density at radius 3 is 1.93 bits per heavy atom. The van der Waals surface area contributed by atoms with Gasteiger partial charge in [-0.1, -0.05) is 121 Å².